The van der Waals surface area contributed by atoms with E-state index in [1.54, 1.807) is 12.1 Å². The van der Waals surface area contributed by atoms with Gasteiger partial charge >= 0.3 is 0 Å². The van der Waals surface area contributed by atoms with Crippen LogP contribution in [0.3, 0.4) is 0 Å². The van der Waals surface area contributed by atoms with Crippen LogP contribution in [0.15, 0.2) is 23.1 Å². The third-order valence-corrected chi connectivity index (χ3v) is 8.15. The summed E-state index contributed by atoms with van der Waals surface area (Å²) in [6, 6.07) is 5.31. The molecular weight excluding hydrogens is 386 g/mol. The van der Waals surface area contributed by atoms with E-state index in [9.17, 15) is 13.2 Å². The Hall–Kier alpha value is -1.44. The number of benzene rings is 1. The van der Waals surface area contributed by atoms with Gasteiger partial charge in [0.15, 0.2) is 0 Å². The first kappa shape index (κ1) is 20.8. The molecule has 6 nitrogen and oxygen atoms in total. The molecule has 1 saturated heterocycles. The molecule has 1 amide bonds. The summed E-state index contributed by atoms with van der Waals surface area (Å²) >= 11 is 0. The summed E-state index contributed by atoms with van der Waals surface area (Å²) in [6.45, 7) is 5.35. The highest BCUT2D eigenvalue weighted by atomic mass is 32.2. The number of amides is 1. The normalized spacial score (nSPS) is 23.5. The van der Waals surface area contributed by atoms with Gasteiger partial charge < -0.3 is 9.80 Å². The third-order valence-electron chi connectivity index (χ3n) is 6.69. The van der Waals surface area contributed by atoms with E-state index in [2.05, 4.69) is 9.62 Å². The first-order chi connectivity index (χ1) is 14.0. The maximum atomic E-state index is 12.8. The van der Waals surface area contributed by atoms with Crippen molar-refractivity contribution in [3.63, 3.8) is 0 Å². The van der Waals surface area contributed by atoms with E-state index >= 15 is 0 Å². The van der Waals surface area contributed by atoms with Crippen molar-refractivity contribution in [1.82, 2.24) is 9.62 Å². The molecule has 1 aliphatic carbocycles. The smallest absolute Gasteiger partial charge is 0.240 e. The fraction of sp³-hybridized carbons (Fsp3) is 0.682. The number of anilines is 1. The molecule has 1 atom stereocenters. The van der Waals surface area contributed by atoms with Crippen LogP contribution in [0.1, 0.15) is 57.4 Å². The van der Waals surface area contributed by atoms with Crippen molar-refractivity contribution < 1.29 is 13.2 Å². The molecule has 4 rings (SSSR count). The minimum Gasteiger partial charge on any atom is -0.309 e. The lowest BCUT2D eigenvalue weighted by Gasteiger charge is -2.32. The fourth-order valence-electron chi connectivity index (χ4n) is 4.74. The van der Waals surface area contributed by atoms with Crippen molar-refractivity contribution >= 4 is 21.6 Å². The van der Waals surface area contributed by atoms with Gasteiger partial charge in [0.25, 0.3) is 0 Å². The van der Waals surface area contributed by atoms with Gasteiger partial charge in [0, 0.05) is 30.7 Å². The highest BCUT2D eigenvalue weighted by Crippen LogP contribution is 2.38. The highest BCUT2D eigenvalue weighted by molar-refractivity contribution is 7.89. The Balaban J connectivity index is 1.41. The summed E-state index contributed by atoms with van der Waals surface area (Å²) in [5.41, 5.74) is 1.85. The molecule has 1 saturated carbocycles. The minimum absolute atomic E-state index is 0.0899. The van der Waals surface area contributed by atoms with Crippen molar-refractivity contribution in [2.75, 3.05) is 31.1 Å². The van der Waals surface area contributed by atoms with Crippen LogP contribution in [-0.4, -0.2) is 51.4 Å². The minimum atomic E-state index is -3.54. The maximum absolute atomic E-state index is 12.8. The molecule has 2 aliphatic heterocycles. The topological polar surface area (TPSA) is 69.7 Å². The SMILES string of the molecule is CC1Cc2cc(S(=O)(=O)NCCN3CCCCCC3)ccc2N1C(=O)C1CCC1. The van der Waals surface area contributed by atoms with Gasteiger partial charge in [-0.2, -0.15) is 0 Å². The van der Waals surface area contributed by atoms with Gasteiger partial charge in [0.2, 0.25) is 15.9 Å². The van der Waals surface area contributed by atoms with Gasteiger partial charge in [-0.1, -0.05) is 19.3 Å². The zero-order valence-corrected chi connectivity index (χ0v) is 18.2. The second-order valence-electron chi connectivity index (χ2n) is 8.83. The molecule has 29 heavy (non-hydrogen) atoms. The van der Waals surface area contributed by atoms with E-state index < -0.39 is 10.0 Å². The molecule has 1 N–H and O–H groups in total. The Bertz CT molecular complexity index is 843. The lowest BCUT2D eigenvalue weighted by atomic mass is 9.84. The predicted octanol–water partition coefficient (Wildman–Crippen LogP) is 2.92. The molecule has 0 radical (unpaired) electrons. The maximum Gasteiger partial charge on any atom is 0.240 e. The van der Waals surface area contributed by atoms with E-state index in [0.29, 0.717) is 17.9 Å². The number of nitrogens with one attached hydrogen (secondary N) is 1. The number of fused-ring (bicyclic) bond motifs is 1. The summed E-state index contributed by atoms with van der Waals surface area (Å²) in [6.07, 6.45) is 8.75. The zero-order chi connectivity index (χ0) is 20.4. The number of hydrogen-bond acceptors (Lipinski definition) is 4. The van der Waals surface area contributed by atoms with Gasteiger partial charge in [-0.3, -0.25) is 4.79 Å². The molecule has 1 aromatic rings. The second-order valence-corrected chi connectivity index (χ2v) is 10.6. The van der Waals surface area contributed by atoms with E-state index in [4.69, 9.17) is 0 Å². The summed E-state index contributed by atoms with van der Waals surface area (Å²) in [4.78, 5) is 17.3. The first-order valence-corrected chi connectivity index (χ1v) is 12.6. The Morgan fingerprint density at radius 3 is 2.48 bits per heavy atom. The number of carbonyl (C=O) groups is 1. The quantitative estimate of drug-likeness (QED) is 0.770. The van der Waals surface area contributed by atoms with Crippen molar-refractivity contribution in [2.45, 2.75) is 69.2 Å². The molecule has 0 aromatic heterocycles. The lowest BCUT2D eigenvalue weighted by Crippen LogP contribution is -2.42. The lowest BCUT2D eigenvalue weighted by molar-refractivity contribution is -0.125. The first-order valence-electron chi connectivity index (χ1n) is 11.1. The summed E-state index contributed by atoms with van der Waals surface area (Å²) in [5.74, 6) is 0.348. The van der Waals surface area contributed by atoms with Crippen LogP contribution in [0, 0.1) is 5.92 Å². The van der Waals surface area contributed by atoms with E-state index in [0.717, 1.165) is 50.1 Å². The van der Waals surface area contributed by atoms with Crippen molar-refractivity contribution in [1.29, 1.82) is 0 Å². The molecule has 2 heterocycles. The van der Waals surface area contributed by atoms with Crippen LogP contribution in [-0.2, 0) is 21.2 Å². The summed E-state index contributed by atoms with van der Waals surface area (Å²) in [7, 11) is -3.54. The van der Waals surface area contributed by atoms with Crippen molar-refractivity contribution in [3.05, 3.63) is 23.8 Å². The van der Waals surface area contributed by atoms with Gasteiger partial charge in [0.1, 0.15) is 0 Å². The summed E-state index contributed by atoms with van der Waals surface area (Å²) < 4.78 is 28.3. The average molecular weight is 420 g/mol. The molecule has 160 valence electrons. The number of rotatable bonds is 6. The van der Waals surface area contributed by atoms with E-state index in [1.807, 2.05) is 17.9 Å². The molecule has 2 fully saturated rings. The number of carbonyl (C=O) groups excluding carboxylic acids is 1. The second kappa shape index (κ2) is 8.74. The van der Waals surface area contributed by atoms with Crippen LogP contribution >= 0.6 is 0 Å². The molecule has 3 aliphatic rings. The zero-order valence-electron chi connectivity index (χ0n) is 17.4. The number of hydrogen-bond donors (Lipinski definition) is 1. The summed E-state index contributed by atoms with van der Waals surface area (Å²) in [5, 5.41) is 0. The largest absolute Gasteiger partial charge is 0.309 e. The molecule has 1 aromatic carbocycles. The van der Waals surface area contributed by atoms with Gasteiger partial charge in [-0.05, 0) is 75.9 Å². The van der Waals surface area contributed by atoms with Crippen LogP contribution in [0.5, 0.6) is 0 Å². The Morgan fingerprint density at radius 1 is 1.10 bits per heavy atom. The Morgan fingerprint density at radius 2 is 1.83 bits per heavy atom. The number of likely N-dealkylation sites (tertiary alicyclic amines) is 1. The third kappa shape index (κ3) is 4.52. The Kier molecular flexibility index (Phi) is 6.27. The molecule has 7 heteroatoms. The van der Waals surface area contributed by atoms with Crippen molar-refractivity contribution in [2.24, 2.45) is 5.92 Å². The predicted molar refractivity (Wildman–Crippen MR) is 115 cm³/mol. The molecule has 0 spiro atoms. The standard InChI is InChI=1S/C22H33N3O3S/c1-17-15-19-16-20(9-10-21(19)25(17)22(26)18-7-6-8-18)29(27,28)23-11-14-24-12-4-2-3-5-13-24/h9-10,16-18,23H,2-8,11-15H2,1H3. The van der Waals surface area contributed by atoms with Crippen LogP contribution in [0.4, 0.5) is 5.69 Å². The molecule has 0 bridgehead atoms. The van der Waals surface area contributed by atoms with Gasteiger partial charge in [-0.15, -0.1) is 0 Å². The van der Waals surface area contributed by atoms with Gasteiger partial charge in [-0.25, -0.2) is 13.1 Å². The monoisotopic (exact) mass is 419 g/mol. The number of sulfonamides is 1. The fourth-order valence-corrected chi connectivity index (χ4v) is 5.81. The van der Waals surface area contributed by atoms with Crippen LogP contribution in [0.2, 0.25) is 0 Å². The molecule has 1 unspecified atom stereocenters. The van der Waals surface area contributed by atoms with E-state index in [1.165, 1.54) is 25.7 Å². The average Bonchev–Trinajstić information content (AvgIpc) is 2.78. The van der Waals surface area contributed by atoms with Crippen LogP contribution in [0.25, 0.3) is 0 Å². The number of nitrogens with zero attached hydrogens (tertiary/aromatic N) is 2. The van der Waals surface area contributed by atoms with Gasteiger partial charge in [0.05, 0.1) is 4.90 Å². The van der Waals surface area contributed by atoms with Crippen molar-refractivity contribution in [3.8, 4) is 0 Å². The highest BCUT2D eigenvalue weighted by Gasteiger charge is 2.37. The van der Waals surface area contributed by atoms with Crippen LogP contribution < -0.4 is 9.62 Å². The Labute approximate surface area is 174 Å². The van der Waals surface area contributed by atoms with E-state index in [-0.39, 0.29) is 17.9 Å². The molecular formula is C22H33N3O3S.